The van der Waals surface area contributed by atoms with Gasteiger partial charge in [0.05, 0.1) is 7.05 Å². The van der Waals surface area contributed by atoms with Crippen molar-refractivity contribution >= 4 is 10.1 Å². The van der Waals surface area contributed by atoms with Crippen molar-refractivity contribution in [2.45, 2.75) is 23.9 Å². The molecule has 0 amide bonds. The predicted octanol–water partition coefficient (Wildman–Crippen LogP) is 1.43. The van der Waals surface area contributed by atoms with Gasteiger partial charge in [0.15, 0.2) is 10.1 Å². The second-order valence-electron chi connectivity index (χ2n) is 3.74. The summed E-state index contributed by atoms with van der Waals surface area (Å²) in [6.45, 7) is 0. The molecule has 0 radical (unpaired) electrons. The molecule has 1 rings (SSSR count). The summed E-state index contributed by atoms with van der Waals surface area (Å²) < 4.78 is 127. The van der Waals surface area contributed by atoms with Crippen LogP contribution < -0.4 is 4.57 Å². The normalized spacial score (nSPS) is 14.9. The van der Waals surface area contributed by atoms with Crippen molar-refractivity contribution < 1.29 is 57.4 Å². The van der Waals surface area contributed by atoms with Crippen molar-refractivity contribution in [1.29, 1.82) is 0 Å². The maximum absolute atomic E-state index is 12.2. The minimum Gasteiger partial charge on any atom is -0.743 e. The van der Waals surface area contributed by atoms with E-state index in [2.05, 4.69) is 4.98 Å². The zero-order valence-electron chi connectivity index (χ0n) is 10.8. The number of rotatable bonds is 4. The quantitative estimate of drug-likeness (QED) is 0.487. The second kappa shape index (κ2) is 6.96. The molecular formula is C8H8F8N2O4S. The van der Waals surface area contributed by atoms with Crippen LogP contribution in [0.1, 0.15) is 0 Å². The molecule has 0 spiro atoms. The van der Waals surface area contributed by atoms with Gasteiger partial charge >= 0.3 is 17.5 Å². The minimum absolute atomic E-state index is 1.88. The lowest BCUT2D eigenvalue weighted by Gasteiger charge is -2.29. The lowest BCUT2D eigenvalue weighted by atomic mass is 10.6. The highest BCUT2D eigenvalue weighted by Crippen LogP contribution is 2.42. The summed E-state index contributed by atoms with van der Waals surface area (Å²) in [5.41, 5.74) is 0. The average Bonchev–Trinajstić information content (AvgIpc) is 2.77. The fourth-order valence-electron chi connectivity index (χ4n) is 0.775. The molecule has 1 aromatic rings. The Balaban J connectivity index is 0.000000664. The van der Waals surface area contributed by atoms with E-state index in [-0.39, 0.29) is 0 Å². The molecule has 1 aromatic heterocycles. The number of H-pyrrole nitrogens is 1. The number of imidazole rings is 1. The third-order valence-corrected chi connectivity index (χ3v) is 2.71. The smallest absolute Gasteiger partial charge is 0.445 e. The molecule has 15 heteroatoms. The number of halogens is 8. The van der Waals surface area contributed by atoms with E-state index in [1.165, 1.54) is 0 Å². The van der Waals surface area contributed by atoms with Crippen LogP contribution in [-0.2, 0) is 21.9 Å². The highest BCUT2D eigenvalue weighted by molar-refractivity contribution is 7.86. The Morgan fingerprint density at radius 3 is 1.87 bits per heavy atom. The maximum Gasteiger partial charge on any atom is 0.445 e. The highest BCUT2D eigenvalue weighted by Gasteiger charge is 2.66. The van der Waals surface area contributed by atoms with Crippen molar-refractivity contribution in [3.63, 3.8) is 0 Å². The number of aromatic nitrogens is 2. The molecule has 23 heavy (non-hydrogen) atoms. The highest BCUT2D eigenvalue weighted by atomic mass is 32.2. The van der Waals surface area contributed by atoms with Crippen LogP contribution in [0.4, 0.5) is 35.1 Å². The first-order valence-corrected chi connectivity index (χ1v) is 6.51. The molecule has 0 aliphatic heterocycles. The largest absolute Gasteiger partial charge is 0.743 e. The van der Waals surface area contributed by atoms with Gasteiger partial charge in [0.2, 0.25) is 6.33 Å². The Bertz CT molecular complexity index is 586. The molecule has 0 aromatic carbocycles. The summed E-state index contributed by atoms with van der Waals surface area (Å²) in [6.07, 6.45) is -11.8. The van der Waals surface area contributed by atoms with Crippen molar-refractivity contribution in [2.24, 2.45) is 7.05 Å². The molecule has 0 aliphatic carbocycles. The molecule has 0 fully saturated rings. The zero-order valence-corrected chi connectivity index (χ0v) is 11.6. The first-order valence-electron chi connectivity index (χ1n) is 5.10. The van der Waals surface area contributed by atoms with E-state index in [4.69, 9.17) is 0 Å². The predicted molar refractivity (Wildman–Crippen MR) is 53.6 cm³/mol. The molecule has 0 saturated carbocycles. The molecule has 1 heterocycles. The number of nitrogens with zero attached hydrogens (tertiary/aromatic N) is 1. The van der Waals surface area contributed by atoms with Gasteiger partial charge in [0.1, 0.15) is 12.4 Å². The summed E-state index contributed by atoms with van der Waals surface area (Å²) in [5.74, 6) is 0. The first-order chi connectivity index (χ1) is 10.0. The average molecular weight is 380 g/mol. The summed E-state index contributed by atoms with van der Waals surface area (Å²) in [7, 11) is -5.07. The molecular weight excluding hydrogens is 372 g/mol. The molecule has 1 unspecified atom stereocenters. The van der Waals surface area contributed by atoms with Gasteiger partial charge in [-0.05, 0) is 0 Å². The molecule has 6 nitrogen and oxygen atoms in total. The summed E-state index contributed by atoms with van der Waals surface area (Å²) in [5, 5.41) is -6.55. The monoisotopic (exact) mass is 380 g/mol. The third kappa shape index (κ3) is 5.91. The number of ether oxygens (including phenoxy) is 1. The van der Waals surface area contributed by atoms with Gasteiger partial charge < -0.3 is 4.55 Å². The van der Waals surface area contributed by atoms with Crippen LogP contribution in [0.15, 0.2) is 18.7 Å². The SMILES string of the molecule is C[n+]1cc[nH]c1.O=S(=O)([O-])C(F)(F)C(F)(F)OC(F)C(F)(F)F. The van der Waals surface area contributed by atoms with Crippen LogP contribution in [-0.4, -0.2) is 41.9 Å². The van der Waals surface area contributed by atoms with E-state index in [1.54, 1.807) is 0 Å². The van der Waals surface area contributed by atoms with Gasteiger partial charge in [0.25, 0.3) is 6.36 Å². The van der Waals surface area contributed by atoms with E-state index in [0.717, 1.165) is 0 Å². The Hall–Kier alpha value is -1.48. The Morgan fingerprint density at radius 1 is 1.17 bits per heavy atom. The van der Waals surface area contributed by atoms with Gasteiger partial charge in [-0.1, -0.05) is 0 Å². The fraction of sp³-hybridized carbons (Fsp3) is 0.625. The third-order valence-electron chi connectivity index (χ3n) is 1.85. The molecule has 0 saturated heterocycles. The van der Waals surface area contributed by atoms with E-state index < -0.39 is 34.0 Å². The zero-order chi connectivity index (χ0) is 18.7. The van der Waals surface area contributed by atoms with E-state index in [1.807, 2.05) is 35.1 Å². The number of aryl methyl sites for hydroxylation is 1. The second-order valence-corrected chi connectivity index (χ2v) is 5.16. The van der Waals surface area contributed by atoms with Gasteiger partial charge in [-0.2, -0.15) is 30.7 Å². The molecule has 0 bridgehead atoms. The van der Waals surface area contributed by atoms with Crippen molar-refractivity contribution in [3.8, 4) is 0 Å². The summed E-state index contributed by atoms with van der Waals surface area (Å²) >= 11 is 0. The van der Waals surface area contributed by atoms with E-state index >= 15 is 0 Å². The van der Waals surface area contributed by atoms with Gasteiger partial charge in [0, 0.05) is 0 Å². The van der Waals surface area contributed by atoms with Crippen molar-refractivity contribution in [2.75, 3.05) is 0 Å². The van der Waals surface area contributed by atoms with Gasteiger partial charge in [-0.25, -0.2) is 17.4 Å². The number of alkyl halides is 8. The van der Waals surface area contributed by atoms with Crippen LogP contribution in [0.2, 0.25) is 0 Å². The topological polar surface area (TPSA) is 86.1 Å². The van der Waals surface area contributed by atoms with Crippen molar-refractivity contribution in [3.05, 3.63) is 18.7 Å². The Morgan fingerprint density at radius 2 is 1.65 bits per heavy atom. The van der Waals surface area contributed by atoms with E-state index in [9.17, 15) is 48.1 Å². The van der Waals surface area contributed by atoms with E-state index in [0.29, 0.717) is 0 Å². The maximum atomic E-state index is 12.2. The van der Waals surface area contributed by atoms with Crippen LogP contribution in [0.3, 0.4) is 0 Å². The van der Waals surface area contributed by atoms with Crippen LogP contribution in [0, 0.1) is 0 Å². The van der Waals surface area contributed by atoms with Crippen LogP contribution >= 0.6 is 0 Å². The standard InChI is InChI=1S/C4H2F8O4S.C4H6N2/c5-1(2(6,7)8)16-3(9,10)4(11,12)17(13,14)15;1-6-3-2-5-4-6/h1H,(H,13,14,15);2-4H,1H3. The number of nitrogens with one attached hydrogen (secondary N) is 1. The molecule has 1 N–H and O–H groups in total. The molecule has 0 aliphatic rings. The Kier molecular flexibility index (Phi) is 6.51. The number of hydrogen-bond acceptors (Lipinski definition) is 4. The number of aromatic amines is 1. The summed E-state index contributed by atoms with van der Waals surface area (Å²) in [4.78, 5) is 2.89. The number of hydrogen-bond donors (Lipinski definition) is 1. The first kappa shape index (κ1) is 21.5. The summed E-state index contributed by atoms with van der Waals surface area (Å²) in [6, 6.07) is 0. The minimum atomic E-state index is -7.04. The van der Waals surface area contributed by atoms with Crippen molar-refractivity contribution in [1.82, 2.24) is 4.98 Å². The lowest BCUT2D eigenvalue weighted by Crippen LogP contribution is -2.51. The fourth-order valence-corrected chi connectivity index (χ4v) is 1.11. The molecule has 136 valence electrons. The van der Waals surface area contributed by atoms with Gasteiger partial charge in [-0.15, -0.1) is 0 Å². The molecule has 1 atom stereocenters. The van der Waals surface area contributed by atoms with Crippen LogP contribution in [0.25, 0.3) is 0 Å². The lowest BCUT2D eigenvalue weighted by molar-refractivity contribution is -0.670. The van der Waals surface area contributed by atoms with Gasteiger partial charge in [-0.3, -0.25) is 9.72 Å². The van der Waals surface area contributed by atoms with Crippen LogP contribution in [0.5, 0.6) is 0 Å². The Labute approximate surface area is 123 Å².